The third-order valence-electron chi connectivity index (χ3n) is 5.80. The van der Waals surface area contributed by atoms with Gasteiger partial charge in [-0.3, -0.25) is 28.8 Å². The molecule has 17 heteroatoms. The minimum atomic E-state index is -1.58. The van der Waals surface area contributed by atoms with Crippen LogP contribution >= 0.6 is 0 Å². The highest BCUT2D eigenvalue weighted by Gasteiger charge is 2.33. The number of nitrogens with one attached hydrogen (secondary N) is 5. The predicted octanol–water partition coefficient (Wildman–Crippen LogP) is -4.00. The molecule has 0 heterocycles. The molecule has 6 atom stereocenters. The zero-order valence-electron chi connectivity index (χ0n) is 23.7. The van der Waals surface area contributed by atoms with Crippen molar-refractivity contribution in [3.8, 4) is 0 Å². The number of carboxylic acid groups (broad SMARTS) is 2. The van der Waals surface area contributed by atoms with Gasteiger partial charge in [-0.15, -0.1) is 0 Å². The number of hydrogen-bond acceptors (Lipinski definition) is 10. The maximum Gasteiger partial charge on any atom is 0.328 e. The molecule has 0 rings (SSSR count). The van der Waals surface area contributed by atoms with Crippen LogP contribution in [0.3, 0.4) is 0 Å². The molecule has 0 aromatic heterocycles. The Hall–Kier alpha value is -3.83. The van der Waals surface area contributed by atoms with E-state index in [-0.39, 0.29) is 6.42 Å². The quantitative estimate of drug-likeness (QED) is 0.0731. The molecule has 17 nitrogen and oxygen atoms in total. The van der Waals surface area contributed by atoms with Crippen molar-refractivity contribution in [2.75, 3.05) is 13.2 Å². The van der Waals surface area contributed by atoms with Crippen molar-refractivity contribution in [2.45, 2.75) is 83.8 Å². The number of rotatable bonds is 18. The molecule has 0 bridgehead atoms. The first-order valence-electron chi connectivity index (χ1n) is 12.9. The molecule has 0 aromatic carbocycles. The number of carbonyl (C=O) groups excluding carboxylic acids is 5. The van der Waals surface area contributed by atoms with Gasteiger partial charge in [0.15, 0.2) is 0 Å². The predicted molar refractivity (Wildman–Crippen MR) is 142 cm³/mol. The molecule has 234 valence electrons. The first kappa shape index (κ1) is 37.2. The third-order valence-corrected chi connectivity index (χ3v) is 5.80. The third kappa shape index (κ3) is 13.4. The summed E-state index contributed by atoms with van der Waals surface area (Å²) < 4.78 is 0. The Balaban J connectivity index is 5.29. The van der Waals surface area contributed by atoms with E-state index in [0.29, 0.717) is 0 Å². The van der Waals surface area contributed by atoms with E-state index >= 15 is 0 Å². The molecule has 0 saturated carbocycles. The van der Waals surface area contributed by atoms with E-state index in [1.807, 2.05) is 0 Å². The summed E-state index contributed by atoms with van der Waals surface area (Å²) in [6.45, 7) is 6.06. The molecular weight excluding hydrogens is 548 g/mol. The number of nitrogens with two attached hydrogens (primary N) is 1. The van der Waals surface area contributed by atoms with E-state index in [0.717, 1.165) is 0 Å². The minimum Gasteiger partial charge on any atom is -0.481 e. The Bertz CT molecular complexity index is 956. The highest BCUT2D eigenvalue weighted by Crippen LogP contribution is 2.06. The van der Waals surface area contributed by atoms with Crippen molar-refractivity contribution in [1.82, 2.24) is 26.6 Å². The maximum absolute atomic E-state index is 12.8. The fourth-order valence-corrected chi connectivity index (χ4v) is 3.34. The Morgan fingerprint density at radius 2 is 1.20 bits per heavy atom. The summed E-state index contributed by atoms with van der Waals surface area (Å²) in [6, 6.07) is -6.79. The summed E-state index contributed by atoms with van der Waals surface area (Å²) in [6.07, 6.45) is -2.02. The van der Waals surface area contributed by atoms with Crippen molar-refractivity contribution in [3.05, 3.63) is 0 Å². The molecule has 0 spiro atoms. The monoisotopic (exact) mass is 590 g/mol. The number of carbonyl (C=O) groups is 7. The van der Waals surface area contributed by atoms with Gasteiger partial charge in [-0.05, 0) is 25.2 Å². The van der Waals surface area contributed by atoms with Gasteiger partial charge in [-0.25, -0.2) is 4.79 Å². The van der Waals surface area contributed by atoms with Crippen LogP contribution in [0.25, 0.3) is 0 Å². The van der Waals surface area contributed by atoms with Gasteiger partial charge in [0.1, 0.15) is 24.2 Å². The van der Waals surface area contributed by atoms with Gasteiger partial charge in [0.05, 0.1) is 25.3 Å². The Morgan fingerprint density at radius 3 is 1.63 bits per heavy atom. The van der Waals surface area contributed by atoms with Crippen LogP contribution in [0.2, 0.25) is 0 Å². The number of amides is 5. The Morgan fingerprint density at radius 1 is 0.707 bits per heavy atom. The lowest BCUT2D eigenvalue weighted by atomic mass is 10.0. The summed E-state index contributed by atoms with van der Waals surface area (Å²) >= 11 is 0. The smallest absolute Gasteiger partial charge is 0.328 e. The molecule has 5 amide bonds. The fraction of sp³-hybridized carbons (Fsp3) is 0.708. The molecule has 0 saturated heterocycles. The lowest BCUT2D eigenvalue weighted by Gasteiger charge is -2.27. The molecule has 0 aliphatic heterocycles. The van der Waals surface area contributed by atoms with Crippen molar-refractivity contribution in [2.24, 2.45) is 17.6 Å². The van der Waals surface area contributed by atoms with E-state index in [9.17, 15) is 38.7 Å². The topological polar surface area (TPSA) is 287 Å². The van der Waals surface area contributed by atoms with Gasteiger partial charge >= 0.3 is 11.9 Å². The average molecular weight is 591 g/mol. The first-order chi connectivity index (χ1) is 18.9. The van der Waals surface area contributed by atoms with Crippen LogP contribution in [0, 0.1) is 11.8 Å². The van der Waals surface area contributed by atoms with E-state index in [4.69, 9.17) is 21.1 Å². The van der Waals surface area contributed by atoms with Gasteiger partial charge < -0.3 is 52.7 Å². The number of hydrogen-bond donors (Lipinski definition) is 10. The number of carboxylic acids is 2. The first-order valence-corrected chi connectivity index (χ1v) is 12.9. The fourth-order valence-electron chi connectivity index (χ4n) is 3.34. The van der Waals surface area contributed by atoms with Crippen LogP contribution in [-0.4, -0.2) is 111 Å². The molecule has 0 aromatic rings. The standard InChI is InChI=1S/C24H42N6O11/c1-10(2)17(29-23(39)19(12(5)32)30-20(36)13(25)6-7-16(34)35)21(37)26-8-15(33)28-18(11(3)4)22(38)27-14(9-31)24(40)41/h10-14,17-19,31-32H,6-9,25H2,1-5H3,(H,26,37)(H,27,38)(H,28,33)(H,29,39)(H,30,36)(H,34,35)(H,40,41)/t12-,13+,14+,17+,18+,19+/m1/s1. The largest absolute Gasteiger partial charge is 0.481 e. The maximum atomic E-state index is 12.8. The van der Waals surface area contributed by atoms with Gasteiger partial charge in [0.25, 0.3) is 0 Å². The average Bonchev–Trinajstić information content (AvgIpc) is 2.87. The van der Waals surface area contributed by atoms with Gasteiger partial charge in [0, 0.05) is 6.42 Å². The molecular formula is C24H42N6O11. The minimum absolute atomic E-state index is 0.213. The molecule has 0 radical (unpaired) electrons. The number of aliphatic carboxylic acids is 2. The lowest BCUT2D eigenvalue weighted by Crippen LogP contribution is -2.60. The summed E-state index contributed by atoms with van der Waals surface area (Å²) in [5, 5.41) is 48.3. The van der Waals surface area contributed by atoms with E-state index in [1.54, 1.807) is 27.7 Å². The number of aliphatic hydroxyl groups is 2. The summed E-state index contributed by atoms with van der Waals surface area (Å²) in [5.74, 6) is -7.94. The Kier molecular flexibility index (Phi) is 16.1. The van der Waals surface area contributed by atoms with E-state index < -0.39 is 109 Å². The lowest BCUT2D eigenvalue weighted by molar-refractivity contribution is -0.143. The second kappa shape index (κ2) is 17.8. The van der Waals surface area contributed by atoms with Crippen LogP contribution < -0.4 is 32.3 Å². The molecule has 41 heavy (non-hydrogen) atoms. The highest BCUT2D eigenvalue weighted by atomic mass is 16.4. The van der Waals surface area contributed by atoms with Crippen molar-refractivity contribution >= 4 is 41.5 Å². The molecule has 0 aliphatic carbocycles. The zero-order chi connectivity index (χ0) is 32.0. The molecule has 0 fully saturated rings. The van der Waals surface area contributed by atoms with Crippen LogP contribution in [0.5, 0.6) is 0 Å². The molecule has 11 N–H and O–H groups in total. The van der Waals surface area contributed by atoms with Crippen LogP contribution in [0.15, 0.2) is 0 Å². The van der Waals surface area contributed by atoms with Crippen molar-refractivity contribution < 1.29 is 54.0 Å². The van der Waals surface area contributed by atoms with Crippen molar-refractivity contribution in [3.63, 3.8) is 0 Å². The molecule has 0 aliphatic rings. The summed E-state index contributed by atoms with van der Waals surface area (Å²) in [5.41, 5.74) is 5.64. The summed E-state index contributed by atoms with van der Waals surface area (Å²) in [7, 11) is 0. The Labute approximate surface area is 237 Å². The normalized spacial score (nSPS) is 15.5. The van der Waals surface area contributed by atoms with Crippen LogP contribution in [0.4, 0.5) is 0 Å². The second-order valence-corrected chi connectivity index (χ2v) is 10.1. The molecule has 0 unspecified atom stereocenters. The van der Waals surface area contributed by atoms with E-state index in [1.165, 1.54) is 6.92 Å². The highest BCUT2D eigenvalue weighted by molar-refractivity contribution is 5.95. The number of aliphatic hydroxyl groups excluding tert-OH is 2. The van der Waals surface area contributed by atoms with E-state index in [2.05, 4.69) is 26.6 Å². The van der Waals surface area contributed by atoms with Crippen LogP contribution in [0.1, 0.15) is 47.5 Å². The van der Waals surface area contributed by atoms with Gasteiger partial charge in [-0.2, -0.15) is 0 Å². The zero-order valence-corrected chi connectivity index (χ0v) is 23.7. The SMILES string of the molecule is CC(C)[C@H](NC(=O)CNC(=O)[C@@H](NC(=O)[C@@H](NC(=O)[C@@H](N)CCC(=O)O)[C@@H](C)O)C(C)C)C(=O)N[C@@H](CO)C(=O)O. The van der Waals surface area contributed by atoms with Gasteiger partial charge in [0.2, 0.25) is 29.5 Å². The summed E-state index contributed by atoms with van der Waals surface area (Å²) in [4.78, 5) is 84.6. The van der Waals surface area contributed by atoms with Crippen LogP contribution in [-0.2, 0) is 33.6 Å². The van der Waals surface area contributed by atoms with Gasteiger partial charge in [-0.1, -0.05) is 27.7 Å². The second-order valence-electron chi connectivity index (χ2n) is 10.1. The van der Waals surface area contributed by atoms with Crippen molar-refractivity contribution in [1.29, 1.82) is 0 Å².